The average Bonchev–Trinajstić information content (AvgIpc) is 3.50. The lowest BCUT2D eigenvalue weighted by molar-refractivity contribution is -0.136. The normalized spacial score (nSPS) is 14.2. The first-order valence-electron chi connectivity index (χ1n) is 8.82. The molecule has 0 saturated heterocycles. The number of carbonyl (C=O) groups excluding carboxylic acids is 1. The summed E-state index contributed by atoms with van der Waals surface area (Å²) in [5.74, 6) is -0.482. The molecule has 3 aromatic rings. The summed E-state index contributed by atoms with van der Waals surface area (Å²) in [5, 5.41) is 2.82. The van der Waals surface area contributed by atoms with Crippen molar-refractivity contribution in [2.75, 3.05) is 5.73 Å². The molecule has 0 spiro atoms. The molecule has 28 heavy (non-hydrogen) atoms. The van der Waals surface area contributed by atoms with Crippen molar-refractivity contribution in [3.8, 4) is 0 Å². The molecule has 1 aliphatic carbocycles. The lowest BCUT2D eigenvalue weighted by Gasteiger charge is -2.15. The van der Waals surface area contributed by atoms with Crippen LogP contribution in [0.15, 0.2) is 42.6 Å². The van der Waals surface area contributed by atoms with Crippen LogP contribution in [0.4, 0.5) is 18.9 Å². The third kappa shape index (κ3) is 3.62. The molecule has 1 aromatic carbocycles. The van der Waals surface area contributed by atoms with Crippen molar-refractivity contribution in [1.82, 2.24) is 15.3 Å². The predicted octanol–water partition coefficient (Wildman–Crippen LogP) is 4.04. The van der Waals surface area contributed by atoms with E-state index in [2.05, 4.69) is 15.3 Å². The molecule has 4 rings (SSSR count). The lowest BCUT2D eigenvalue weighted by atomic mass is 10.00. The highest BCUT2D eigenvalue weighted by atomic mass is 19.4. The van der Waals surface area contributed by atoms with Gasteiger partial charge < -0.3 is 11.1 Å². The Labute approximate surface area is 158 Å². The van der Waals surface area contributed by atoms with Gasteiger partial charge in [0.2, 0.25) is 0 Å². The minimum absolute atomic E-state index is 0.0981. The number of nitrogen functional groups attached to an aromatic ring is 1. The number of nitrogens with zero attached hydrogens (tertiary/aromatic N) is 2. The molecule has 144 valence electrons. The fourth-order valence-corrected chi connectivity index (χ4v) is 3.12. The van der Waals surface area contributed by atoms with E-state index < -0.39 is 17.6 Å². The highest BCUT2D eigenvalue weighted by Crippen LogP contribution is 2.45. The zero-order chi connectivity index (χ0) is 19.9. The molecule has 1 amide bonds. The first-order valence-corrected chi connectivity index (χ1v) is 8.82. The number of alkyl halides is 3. The number of pyridine rings is 2. The summed E-state index contributed by atoms with van der Waals surface area (Å²) >= 11 is 0. The van der Waals surface area contributed by atoms with E-state index in [4.69, 9.17) is 5.73 Å². The van der Waals surface area contributed by atoms with Gasteiger partial charge in [0.05, 0.1) is 23.3 Å². The lowest BCUT2D eigenvalue weighted by Crippen LogP contribution is -2.24. The van der Waals surface area contributed by atoms with Crippen LogP contribution in [0.3, 0.4) is 0 Å². The van der Waals surface area contributed by atoms with E-state index in [-0.39, 0.29) is 34.7 Å². The Morgan fingerprint density at radius 2 is 2.00 bits per heavy atom. The van der Waals surface area contributed by atoms with Crippen LogP contribution in [0.5, 0.6) is 0 Å². The molecule has 1 saturated carbocycles. The van der Waals surface area contributed by atoms with Gasteiger partial charge >= 0.3 is 6.18 Å². The van der Waals surface area contributed by atoms with Crippen LogP contribution < -0.4 is 11.1 Å². The average molecular weight is 386 g/mol. The first kappa shape index (κ1) is 18.2. The van der Waals surface area contributed by atoms with E-state index in [9.17, 15) is 18.0 Å². The van der Waals surface area contributed by atoms with Gasteiger partial charge in [0.15, 0.2) is 0 Å². The van der Waals surface area contributed by atoms with Crippen molar-refractivity contribution in [2.45, 2.75) is 31.5 Å². The Morgan fingerprint density at radius 1 is 1.21 bits per heavy atom. The summed E-state index contributed by atoms with van der Waals surface area (Å²) in [6, 6.07) is 9.33. The second kappa shape index (κ2) is 6.78. The summed E-state index contributed by atoms with van der Waals surface area (Å²) in [7, 11) is 0. The number of rotatable bonds is 4. The molecule has 0 unspecified atom stereocenters. The van der Waals surface area contributed by atoms with Crippen molar-refractivity contribution in [3.63, 3.8) is 0 Å². The molecule has 0 aliphatic heterocycles. The van der Waals surface area contributed by atoms with Gasteiger partial charge in [-0.3, -0.25) is 9.78 Å². The summed E-state index contributed by atoms with van der Waals surface area (Å²) in [4.78, 5) is 20.5. The number of carbonyl (C=O) groups is 1. The van der Waals surface area contributed by atoms with Gasteiger partial charge in [-0.25, -0.2) is 4.98 Å². The maximum absolute atomic E-state index is 13.6. The largest absolute Gasteiger partial charge is 0.418 e. The van der Waals surface area contributed by atoms with Crippen LogP contribution in [0.1, 0.15) is 46.1 Å². The number of aromatic nitrogens is 2. The summed E-state index contributed by atoms with van der Waals surface area (Å²) in [5.41, 5.74) is 6.00. The second-order valence-electron chi connectivity index (χ2n) is 6.84. The molecule has 0 radical (unpaired) electrons. The van der Waals surface area contributed by atoms with Gasteiger partial charge in [-0.1, -0.05) is 6.07 Å². The van der Waals surface area contributed by atoms with Crippen molar-refractivity contribution < 1.29 is 18.0 Å². The number of benzene rings is 1. The minimum atomic E-state index is -4.59. The third-order valence-electron chi connectivity index (χ3n) is 4.71. The summed E-state index contributed by atoms with van der Waals surface area (Å²) in [6.07, 6.45) is -1.28. The highest BCUT2D eigenvalue weighted by molar-refractivity contribution is 6.00. The number of hydrogen-bond acceptors (Lipinski definition) is 4. The number of amides is 1. The van der Waals surface area contributed by atoms with Crippen molar-refractivity contribution in [1.29, 1.82) is 0 Å². The van der Waals surface area contributed by atoms with Crippen LogP contribution >= 0.6 is 0 Å². The molecule has 5 nitrogen and oxygen atoms in total. The maximum atomic E-state index is 13.6. The number of nitrogens with one attached hydrogen (secondary N) is 1. The zero-order valence-electron chi connectivity index (χ0n) is 14.8. The molecular weight excluding hydrogens is 369 g/mol. The molecule has 0 atom stereocenters. The SMILES string of the molecule is Nc1cc(C(=O)NCc2ccccn2)nc2c(C(F)(F)F)cc(C3CC3)cc12. The predicted molar refractivity (Wildman–Crippen MR) is 98.5 cm³/mol. The standard InChI is InChI=1S/C20H17F3N4O/c21-20(22,23)15-8-12(11-4-5-11)7-14-16(24)9-17(27-18(14)15)19(28)26-10-13-3-1-2-6-25-13/h1-3,6-9,11H,4-5,10H2,(H2,24,27)(H,26,28). The third-order valence-corrected chi connectivity index (χ3v) is 4.71. The van der Waals surface area contributed by atoms with E-state index in [1.54, 1.807) is 30.5 Å². The minimum Gasteiger partial charge on any atom is -0.398 e. The smallest absolute Gasteiger partial charge is 0.398 e. The van der Waals surface area contributed by atoms with Crippen molar-refractivity contribution in [3.05, 3.63) is 65.1 Å². The Morgan fingerprint density at radius 3 is 2.64 bits per heavy atom. The zero-order valence-corrected chi connectivity index (χ0v) is 14.8. The summed E-state index contributed by atoms with van der Waals surface area (Å²) in [6.45, 7) is 0.131. The molecular formula is C20H17F3N4O. The highest BCUT2D eigenvalue weighted by Gasteiger charge is 2.36. The van der Waals surface area contributed by atoms with E-state index in [0.717, 1.165) is 18.9 Å². The molecule has 1 aliphatic rings. The Bertz CT molecular complexity index is 1050. The fourth-order valence-electron chi connectivity index (χ4n) is 3.12. The molecule has 2 heterocycles. The van der Waals surface area contributed by atoms with Gasteiger partial charge in [0.25, 0.3) is 5.91 Å². The monoisotopic (exact) mass is 386 g/mol. The molecule has 3 N–H and O–H groups in total. The van der Waals surface area contributed by atoms with Crippen LogP contribution in [0, 0.1) is 0 Å². The maximum Gasteiger partial charge on any atom is 0.418 e. The Kier molecular flexibility index (Phi) is 4.41. The Balaban J connectivity index is 1.72. The summed E-state index contributed by atoms with van der Waals surface area (Å²) < 4.78 is 40.9. The van der Waals surface area contributed by atoms with Crippen LogP contribution in [0.25, 0.3) is 10.9 Å². The number of halogens is 3. The molecule has 2 aromatic heterocycles. The Hall–Kier alpha value is -3.16. The molecule has 1 fully saturated rings. The second-order valence-corrected chi connectivity index (χ2v) is 6.84. The quantitative estimate of drug-likeness (QED) is 0.709. The number of fused-ring (bicyclic) bond motifs is 1. The van der Waals surface area contributed by atoms with Crippen molar-refractivity contribution >= 4 is 22.5 Å². The number of nitrogens with two attached hydrogens (primary N) is 1. The van der Waals surface area contributed by atoms with E-state index in [1.807, 2.05) is 0 Å². The van der Waals surface area contributed by atoms with Crippen LogP contribution in [-0.4, -0.2) is 15.9 Å². The van der Waals surface area contributed by atoms with Gasteiger partial charge in [0.1, 0.15) is 5.69 Å². The first-order chi connectivity index (χ1) is 13.3. The van der Waals surface area contributed by atoms with Gasteiger partial charge in [-0.2, -0.15) is 13.2 Å². The van der Waals surface area contributed by atoms with Crippen LogP contribution in [0.2, 0.25) is 0 Å². The van der Waals surface area contributed by atoms with Gasteiger partial charge in [-0.05, 0) is 54.7 Å². The van der Waals surface area contributed by atoms with E-state index >= 15 is 0 Å². The fraction of sp³-hybridized carbons (Fsp3) is 0.250. The number of hydrogen-bond donors (Lipinski definition) is 2. The van der Waals surface area contributed by atoms with Gasteiger partial charge in [0, 0.05) is 17.3 Å². The topological polar surface area (TPSA) is 80.9 Å². The molecule has 0 bridgehead atoms. The molecule has 8 heteroatoms. The van der Waals surface area contributed by atoms with E-state index in [1.165, 1.54) is 6.07 Å². The van der Waals surface area contributed by atoms with E-state index in [0.29, 0.717) is 11.3 Å². The van der Waals surface area contributed by atoms with Crippen molar-refractivity contribution in [2.24, 2.45) is 0 Å². The number of anilines is 1. The van der Waals surface area contributed by atoms with Crippen LogP contribution in [-0.2, 0) is 12.7 Å². The van der Waals surface area contributed by atoms with Gasteiger partial charge in [-0.15, -0.1) is 0 Å².